The van der Waals surface area contributed by atoms with E-state index in [9.17, 15) is 0 Å². The predicted octanol–water partition coefficient (Wildman–Crippen LogP) is 5.03. The fourth-order valence-electron chi connectivity index (χ4n) is 2.80. The van der Waals surface area contributed by atoms with Crippen LogP contribution in [0, 0.1) is 0 Å². The summed E-state index contributed by atoms with van der Waals surface area (Å²) in [5.41, 5.74) is 17.1. The fourth-order valence-corrected chi connectivity index (χ4v) is 2.80. The van der Waals surface area contributed by atoms with Crippen LogP contribution in [0.25, 0.3) is 12.2 Å². The van der Waals surface area contributed by atoms with Gasteiger partial charge in [-0.05, 0) is 47.0 Å². The SMILES string of the molecule is COc1ccc(Cc2cc[nH]n2)cc1.Nc1ccc(C=Cc2ccccc2)cc1N. The molecule has 0 saturated carbocycles. The summed E-state index contributed by atoms with van der Waals surface area (Å²) in [5, 5.41) is 6.90. The lowest BCUT2D eigenvalue weighted by Gasteiger charge is -2.01. The van der Waals surface area contributed by atoms with Crippen LogP contribution >= 0.6 is 0 Å². The first-order chi connectivity index (χ1) is 14.6. The highest BCUT2D eigenvalue weighted by Crippen LogP contribution is 2.18. The number of hydrogen-bond donors (Lipinski definition) is 3. The number of aromatic amines is 1. The maximum absolute atomic E-state index is 5.73. The van der Waals surface area contributed by atoms with Crippen molar-refractivity contribution in [1.29, 1.82) is 0 Å². The second-order valence-electron chi connectivity index (χ2n) is 6.72. The molecule has 152 valence electrons. The van der Waals surface area contributed by atoms with Crippen LogP contribution in [-0.4, -0.2) is 17.3 Å². The summed E-state index contributed by atoms with van der Waals surface area (Å²) in [5.74, 6) is 0.885. The van der Waals surface area contributed by atoms with Gasteiger partial charge in [0.2, 0.25) is 0 Å². The van der Waals surface area contributed by atoms with Crippen LogP contribution in [0.2, 0.25) is 0 Å². The van der Waals surface area contributed by atoms with Crippen LogP contribution in [0.3, 0.4) is 0 Å². The average molecular weight is 399 g/mol. The first-order valence-corrected chi connectivity index (χ1v) is 9.64. The maximum Gasteiger partial charge on any atom is 0.118 e. The fraction of sp³-hybridized carbons (Fsp3) is 0.0800. The number of rotatable bonds is 5. The molecular weight excluding hydrogens is 372 g/mol. The van der Waals surface area contributed by atoms with E-state index in [1.807, 2.05) is 85.1 Å². The van der Waals surface area contributed by atoms with E-state index in [1.54, 1.807) is 7.11 Å². The number of aromatic nitrogens is 2. The number of nitrogens with zero attached hydrogens (tertiary/aromatic N) is 1. The van der Waals surface area contributed by atoms with Gasteiger partial charge in [0.25, 0.3) is 0 Å². The number of ether oxygens (including phenoxy) is 1. The quantitative estimate of drug-likeness (QED) is 0.325. The Hall–Kier alpha value is -3.99. The van der Waals surface area contributed by atoms with Crippen molar-refractivity contribution in [2.45, 2.75) is 6.42 Å². The first kappa shape index (κ1) is 20.7. The normalized spacial score (nSPS) is 10.4. The molecule has 0 amide bonds. The zero-order chi connectivity index (χ0) is 21.2. The van der Waals surface area contributed by atoms with Gasteiger partial charge in [-0.25, -0.2) is 0 Å². The van der Waals surface area contributed by atoms with Crippen molar-refractivity contribution in [1.82, 2.24) is 10.2 Å². The van der Waals surface area contributed by atoms with E-state index in [0.717, 1.165) is 29.0 Å². The lowest BCUT2D eigenvalue weighted by Crippen LogP contribution is -1.93. The summed E-state index contributed by atoms with van der Waals surface area (Å²) >= 11 is 0. The van der Waals surface area contributed by atoms with Gasteiger partial charge in [0.05, 0.1) is 24.2 Å². The van der Waals surface area contributed by atoms with E-state index >= 15 is 0 Å². The highest BCUT2D eigenvalue weighted by molar-refractivity contribution is 5.74. The van der Waals surface area contributed by atoms with Gasteiger partial charge < -0.3 is 16.2 Å². The molecule has 0 radical (unpaired) electrons. The van der Waals surface area contributed by atoms with Gasteiger partial charge in [-0.3, -0.25) is 5.10 Å². The van der Waals surface area contributed by atoms with E-state index in [0.29, 0.717) is 11.4 Å². The average Bonchev–Trinajstić information content (AvgIpc) is 3.29. The van der Waals surface area contributed by atoms with Crippen LogP contribution in [0.15, 0.2) is 85.1 Å². The van der Waals surface area contributed by atoms with Crippen LogP contribution in [0.1, 0.15) is 22.4 Å². The molecule has 0 aliphatic rings. The lowest BCUT2D eigenvalue weighted by atomic mass is 10.1. The van der Waals surface area contributed by atoms with Crippen LogP contribution in [0.5, 0.6) is 5.75 Å². The van der Waals surface area contributed by atoms with Crippen molar-refractivity contribution in [2.24, 2.45) is 0 Å². The number of nitrogen functional groups attached to an aromatic ring is 2. The molecule has 0 bridgehead atoms. The number of nitrogens with two attached hydrogens (primary N) is 2. The molecule has 4 aromatic rings. The van der Waals surface area contributed by atoms with Crippen LogP contribution in [0.4, 0.5) is 11.4 Å². The minimum atomic E-state index is 0.621. The second-order valence-corrected chi connectivity index (χ2v) is 6.72. The second kappa shape index (κ2) is 10.5. The number of benzene rings is 3. The van der Waals surface area contributed by atoms with Gasteiger partial charge in [0.1, 0.15) is 5.75 Å². The summed E-state index contributed by atoms with van der Waals surface area (Å²) < 4.78 is 5.08. The topological polar surface area (TPSA) is 89.9 Å². The van der Waals surface area contributed by atoms with Gasteiger partial charge >= 0.3 is 0 Å². The van der Waals surface area contributed by atoms with E-state index in [1.165, 1.54) is 5.56 Å². The Balaban J connectivity index is 0.000000172. The summed E-state index contributed by atoms with van der Waals surface area (Å²) in [6.07, 6.45) is 6.75. The van der Waals surface area contributed by atoms with E-state index in [-0.39, 0.29) is 0 Å². The first-order valence-electron chi connectivity index (χ1n) is 9.64. The third kappa shape index (κ3) is 6.27. The Bertz CT molecular complexity index is 1060. The highest BCUT2D eigenvalue weighted by atomic mass is 16.5. The maximum atomic E-state index is 5.73. The van der Waals surface area contributed by atoms with Crippen molar-refractivity contribution in [3.63, 3.8) is 0 Å². The molecule has 1 heterocycles. The van der Waals surface area contributed by atoms with Gasteiger partial charge in [-0.15, -0.1) is 0 Å². The molecule has 1 aromatic heterocycles. The van der Waals surface area contributed by atoms with E-state index < -0.39 is 0 Å². The summed E-state index contributed by atoms with van der Waals surface area (Å²) in [6.45, 7) is 0. The minimum Gasteiger partial charge on any atom is -0.497 e. The zero-order valence-electron chi connectivity index (χ0n) is 17.0. The number of nitrogens with one attached hydrogen (secondary N) is 1. The molecule has 5 heteroatoms. The summed E-state index contributed by atoms with van der Waals surface area (Å²) in [4.78, 5) is 0. The number of anilines is 2. The Kier molecular flexibility index (Phi) is 7.28. The highest BCUT2D eigenvalue weighted by Gasteiger charge is 1.98. The molecule has 0 saturated heterocycles. The van der Waals surface area contributed by atoms with E-state index in [2.05, 4.69) is 22.3 Å². The molecule has 5 nitrogen and oxygen atoms in total. The standard InChI is InChI=1S/C14H14N2.C11H12N2O/c15-13-9-8-12(10-14(13)16)7-6-11-4-2-1-3-5-11;1-14-11-4-2-9(3-5-11)8-10-6-7-12-13-10/h1-10H,15-16H2;2-7H,8H2,1H3,(H,12,13). The van der Waals surface area contributed by atoms with Crippen molar-refractivity contribution in [2.75, 3.05) is 18.6 Å². The Morgan fingerprint density at radius 2 is 1.57 bits per heavy atom. The molecular formula is C25H26N4O. The van der Waals surface area contributed by atoms with Gasteiger partial charge in [0.15, 0.2) is 0 Å². The third-order valence-corrected chi connectivity index (χ3v) is 4.48. The molecule has 0 aliphatic heterocycles. The molecule has 4 rings (SSSR count). The summed E-state index contributed by atoms with van der Waals surface area (Å²) in [6, 6.07) is 25.8. The van der Waals surface area contributed by atoms with Crippen molar-refractivity contribution < 1.29 is 4.74 Å². The minimum absolute atomic E-state index is 0.621. The molecule has 0 spiro atoms. The summed E-state index contributed by atoms with van der Waals surface area (Å²) in [7, 11) is 1.67. The molecule has 30 heavy (non-hydrogen) atoms. The Morgan fingerprint density at radius 1 is 0.833 bits per heavy atom. The monoisotopic (exact) mass is 398 g/mol. The zero-order valence-corrected chi connectivity index (χ0v) is 17.0. The molecule has 0 atom stereocenters. The number of hydrogen-bond acceptors (Lipinski definition) is 4. The van der Waals surface area contributed by atoms with Gasteiger partial charge in [0, 0.05) is 12.6 Å². The Morgan fingerprint density at radius 3 is 2.20 bits per heavy atom. The smallest absolute Gasteiger partial charge is 0.118 e. The van der Waals surface area contributed by atoms with Crippen LogP contribution < -0.4 is 16.2 Å². The largest absolute Gasteiger partial charge is 0.497 e. The number of methoxy groups -OCH3 is 1. The Labute approximate surface area is 177 Å². The van der Waals surface area contributed by atoms with Gasteiger partial charge in [-0.1, -0.05) is 60.7 Å². The lowest BCUT2D eigenvalue weighted by molar-refractivity contribution is 0.414. The number of H-pyrrole nitrogens is 1. The molecule has 3 aromatic carbocycles. The van der Waals surface area contributed by atoms with Gasteiger partial charge in [-0.2, -0.15) is 5.10 Å². The predicted molar refractivity (Wildman–Crippen MR) is 125 cm³/mol. The molecule has 0 fully saturated rings. The molecule has 0 unspecified atom stereocenters. The van der Waals surface area contributed by atoms with Crippen LogP contribution in [-0.2, 0) is 6.42 Å². The molecule has 5 N–H and O–H groups in total. The van der Waals surface area contributed by atoms with Crippen molar-refractivity contribution in [3.05, 3.63) is 107 Å². The van der Waals surface area contributed by atoms with E-state index in [4.69, 9.17) is 16.2 Å². The van der Waals surface area contributed by atoms with Crippen molar-refractivity contribution >= 4 is 23.5 Å². The molecule has 0 aliphatic carbocycles. The third-order valence-electron chi connectivity index (χ3n) is 4.48. The van der Waals surface area contributed by atoms with Crippen molar-refractivity contribution in [3.8, 4) is 5.75 Å².